The Labute approximate surface area is 138 Å². The van der Waals surface area contributed by atoms with E-state index < -0.39 is 10.8 Å². The molecule has 2 aromatic rings. The Balaban J connectivity index is 1.59. The van der Waals surface area contributed by atoms with Crippen molar-refractivity contribution < 1.29 is 9.00 Å². The van der Waals surface area contributed by atoms with Gasteiger partial charge in [-0.3, -0.25) is 9.00 Å². The summed E-state index contributed by atoms with van der Waals surface area (Å²) in [5.41, 5.74) is 4.01. The summed E-state index contributed by atoms with van der Waals surface area (Å²) in [5, 5.41) is 7.31. The summed E-state index contributed by atoms with van der Waals surface area (Å²) in [6, 6.07) is 10.2. The molecule has 5 nitrogen and oxygen atoms in total. The molecule has 1 N–H and O–H groups in total. The molecule has 1 atom stereocenters. The fraction of sp³-hybridized carbons (Fsp3) is 0.412. The molecule has 122 valence electrons. The molecule has 1 fully saturated rings. The van der Waals surface area contributed by atoms with Gasteiger partial charge in [-0.15, -0.1) is 0 Å². The van der Waals surface area contributed by atoms with Crippen molar-refractivity contribution in [1.29, 1.82) is 0 Å². The van der Waals surface area contributed by atoms with Crippen LogP contribution in [-0.4, -0.2) is 31.7 Å². The maximum absolute atomic E-state index is 12.1. The molecule has 1 aromatic heterocycles. The van der Waals surface area contributed by atoms with Crippen LogP contribution in [0.5, 0.6) is 0 Å². The molecule has 0 aliphatic heterocycles. The second-order valence-corrected chi connectivity index (χ2v) is 7.53. The number of aryl methyl sites for hydroxylation is 2. The van der Waals surface area contributed by atoms with Crippen molar-refractivity contribution in [3.63, 3.8) is 0 Å². The third kappa shape index (κ3) is 4.28. The Morgan fingerprint density at radius 1 is 1.30 bits per heavy atom. The van der Waals surface area contributed by atoms with E-state index in [9.17, 15) is 9.00 Å². The van der Waals surface area contributed by atoms with Gasteiger partial charge >= 0.3 is 0 Å². The Bertz CT molecular complexity index is 733. The Morgan fingerprint density at radius 3 is 2.57 bits per heavy atom. The second-order valence-electron chi connectivity index (χ2n) is 6.08. The average Bonchev–Trinajstić information content (AvgIpc) is 3.22. The number of carbonyl (C=O) groups excluding carboxylic acids is 1. The van der Waals surface area contributed by atoms with Gasteiger partial charge in [0.1, 0.15) is 5.75 Å². The smallest absolute Gasteiger partial charge is 0.232 e. The van der Waals surface area contributed by atoms with Gasteiger partial charge in [-0.25, -0.2) is 4.68 Å². The van der Waals surface area contributed by atoms with Crippen molar-refractivity contribution in [3.05, 3.63) is 47.3 Å². The van der Waals surface area contributed by atoms with E-state index in [2.05, 4.69) is 10.4 Å². The summed E-state index contributed by atoms with van der Waals surface area (Å²) in [6.45, 7) is 3.98. The number of rotatable bonds is 6. The Kier molecular flexibility index (Phi) is 4.61. The molecule has 1 aliphatic carbocycles. The lowest BCUT2D eigenvalue weighted by Gasteiger charge is -2.07. The number of nitrogens with zero attached hydrogens (tertiary/aromatic N) is 2. The predicted octanol–water partition coefficient (Wildman–Crippen LogP) is 2.02. The quantitative estimate of drug-likeness (QED) is 0.881. The van der Waals surface area contributed by atoms with E-state index >= 15 is 0 Å². The molecule has 3 rings (SSSR count). The fourth-order valence-electron chi connectivity index (χ4n) is 2.50. The van der Waals surface area contributed by atoms with Gasteiger partial charge in [0.2, 0.25) is 5.91 Å². The number of amides is 1. The summed E-state index contributed by atoms with van der Waals surface area (Å²) in [7, 11) is -1.18. The molecule has 23 heavy (non-hydrogen) atoms. The topological polar surface area (TPSA) is 64.0 Å². The summed E-state index contributed by atoms with van der Waals surface area (Å²) in [4.78, 5) is 11.7. The van der Waals surface area contributed by atoms with Crippen LogP contribution in [0.2, 0.25) is 0 Å². The number of hydrogen-bond donors (Lipinski definition) is 1. The zero-order chi connectivity index (χ0) is 16.4. The Hall–Kier alpha value is -1.95. The number of hydrogen-bond acceptors (Lipinski definition) is 3. The molecule has 6 heteroatoms. The average molecular weight is 331 g/mol. The van der Waals surface area contributed by atoms with Gasteiger partial charge in [-0.05, 0) is 50.5 Å². The standard InChI is InChI=1S/C17H21N3O2S/c1-12-9-13(2)20(19-12)16-7-3-14(4-8-16)10-23(22)11-17(21)18-15-5-6-15/h3-4,7-9,15H,5-6,10-11H2,1-2H3,(H,18,21). The van der Waals surface area contributed by atoms with Crippen molar-refractivity contribution in [3.8, 4) is 5.69 Å². The van der Waals surface area contributed by atoms with Crippen LogP contribution in [-0.2, 0) is 21.3 Å². The van der Waals surface area contributed by atoms with Gasteiger partial charge in [-0.1, -0.05) is 12.1 Å². The van der Waals surface area contributed by atoms with Crippen LogP contribution in [0.25, 0.3) is 5.69 Å². The first-order valence-electron chi connectivity index (χ1n) is 7.78. The zero-order valence-electron chi connectivity index (χ0n) is 13.4. The lowest BCUT2D eigenvalue weighted by molar-refractivity contribution is -0.118. The summed E-state index contributed by atoms with van der Waals surface area (Å²) in [6.07, 6.45) is 2.10. The van der Waals surface area contributed by atoms with Crippen molar-refractivity contribution in [2.45, 2.75) is 38.5 Å². The molecule has 1 unspecified atom stereocenters. The van der Waals surface area contributed by atoms with Gasteiger partial charge in [-0.2, -0.15) is 5.10 Å². The zero-order valence-corrected chi connectivity index (χ0v) is 14.2. The highest BCUT2D eigenvalue weighted by Gasteiger charge is 2.23. The third-order valence-electron chi connectivity index (χ3n) is 3.75. The molecular weight excluding hydrogens is 310 g/mol. The minimum absolute atomic E-state index is 0.0791. The number of nitrogens with one attached hydrogen (secondary N) is 1. The minimum atomic E-state index is -1.18. The molecule has 1 heterocycles. The number of aromatic nitrogens is 2. The monoisotopic (exact) mass is 331 g/mol. The summed E-state index contributed by atoms with van der Waals surface area (Å²) < 4.78 is 14.0. The normalized spacial score (nSPS) is 15.4. The first-order chi connectivity index (χ1) is 11.0. The SMILES string of the molecule is Cc1cc(C)n(-c2ccc(CS(=O)CC(=O)NC3CC3)cc2)n1. The van der Waals surface area contributed by atoms with Gasteiger partial charge in [0.25, 0.3) is 0 Å². The van der Waals surface area contributed by atoms with Gasteiger partial charge in [0, 0.05) is 28.3 Å². The van der Waals surface area contributed by atoms with Crippen LogP contribution < -0.4 is 5.32 Å². The van der Waals surface area contributed by atoms with Crippen LogP contribution in [0.1, 0.15) is 29.8 Å². The molecule has 0 spiro atoms. The summed E-state index contributed by atoms with van der Waals surface area (Å²) >= 11 is 0. The van der Waals surface area contributed by atoms with Crippen LogP contribution in [0.15, 0.2) is 30.3 Å². The van der Waals surface area contributed by atoms with Crippen molar-refractivity contribution in [2.24, 2.45) is 0 Å². The van der Waals surface area contributed by atoms with E-state index in [1.807, 2.05) is 48.9 Å². The van der Waals surface area contributed by atoms with Gasteiger partial charge in [0.05, 0.1) is 11.4 Å². The molecule has 1 amide bonds. The van der Waals surface area contributed by atoms with Crippen LogP contribution in [0.4, 0.5) is 0 Å². The Morgan fingerprint density at radius 2 is 2.00 bits per heavy atom. The van der Waals surface area contributed by atoms with E-state index in [1.165, 1.54) is 0 Å². The van der Waals surface area contributed by atoms with Crippen molar-refractivity contribution in [1.82, 2.24) is 15.1 Å². The largest absolute Gasteiger partial charge is 0.353 e. The van der Waals surface area contributed by atoms with E-state index in [1.54, 1.807) is 0 Å². The predicted molar refractivity (Wildman–Crippen MR) is 90.9 cm³/mol. The maximum atomic E-state index is 12.1. The van der Waals surface area contributed by atoms with Crippen molar-refractivity contribution in [2.75, 3.05) is 5.75 Å². The first-order valence-corrected chi connectivity index (χ1v) is 9.27. The first kappa shape index (κ1) is 15.9. The van der Waals surface area contributed by atoms with E-state index in [0.29, 0.717) is 11.8 Å². The van der Waals surface area contributed by atoms with Gasteiger partial charge in [0.15, 0.2) is 0 Å². The van der Waals surface area contributed by atoms with E-state index in [0.717, 1.165) is 35.5 Å². The van der Waals surface area contributed by atoms with Crippen LogP contribution in [0, 0.1) is 13.8 Å². The van der Waals surface area contributed by atoms with Crippen molar-refractivity contribution >= 4 is 16.7 Å². The maximum Gasteiger partial charge on any atom is 0.232 e. The third-order valence-corrected chi connectivity index (χ3v) is 4.99. The number of benzene rings is 1. The number of carbonyl (C=O) groups is 1. The molecule has 1 aromatic carbocycles. The lowest BCUT2D eigenvalue weighted by Crippen LogP contribution is -2.30. The fourth-order valence-corrected chi connectivity index (χ4v) is 3.55. The highest BCUT2D eigenvalue weighted by molar-refractivity contribution is 7.84. The summed E-state index contributed by atoms with van der Waals surface area (Å²) in [5.74, 6) is 0.371. The molecule has 1 saturated carbocycles. The lowest BCUT2D eigenvalue weighted by atomic mass is 10.2. The second kappa shape index (κ2) is 6.66. The molecule has 1 aliphatic rings. The molecule has 0 bridgehead atoms. The molecule has 0 saturated heterocycles. The highest BCUT2D eigenvalue weighted by atomic mass is 32.2. The molecular formula is C17H21N3O2S. The molecule has 0 radical (unpaired) electrons. The highest BCUT2D eigenvalue weighted by Crippen LogP contribution is 2.18. The van der Waals surface area contributed by atoms with E-state index in [-0.39, 0.29) is 11.7 Å². The van der Waals surface area contributed by atoms with E-state index in [4.69, 9.17) is 0 Å². The van der Waals surface area contributed by atoms with Crippen LogP contribution in [0.3, 0.4) is 0 Å². The minimum Gasteiger partial charge on any atom is -0.353 e. The van der Waals surface area contributed by atoms with Gasteiger partial charge < -0.3 is 5.32 Å². The van der Waals surface area contributed by atoms with Crippen LogP contribution >= 0.6 is 0 Å².